The number of hydrogen-bond donors (Lipinski definition) is 0. The second-order valence-corrected chi connectivity index (χ2v) is 3.56. The molecule has 0 spiro atoms. The smallest absolute Gasteiger partial charge is 0.243 e. The summed E-state index contributed by atoms with van der Waals surface area (Å²) in [5, 5.41) is 0.188. The quantitative estimate of drug-likeness (QED) is 0.642. The highest BCUT2D eigenvalue weighted by Crippen LogP contribution is 2.32. The molecule has 0 aliphatic carbocycles. The first-order valence-electron chi connectivity index (χ1n) is 4.21. The van der Waals surface area contributed by atoms with Crippen LogP contribution >= 0.6 is 11.6 Å². The van der Waals surface area contributed by atoms with Gasteiger partial charge >= 0.3 is 6.18 Å². The van der Waals surface area contributed by atoms with Gasteiger partial charge in [0.15, 0.2) is 0 Å². The van der Waals surface area contributed by atoms with Gasteiger partial charge in [-0.05, 0) is 18.2 Å². The molecule has 0 aliphatic heterocycles. The van der Waals surface area contributed by atoms with Gasteiger partial charge in [-0.1, -0.05) is 11.6 Å². The number of fused-ring (bicyclic) bond motifs is 1. The normalized spacial score (nSPS) is 12.1. The Labute approximate surface area is 92.7 Å². The van der Waals surface area contributed by atoms with Crippen molar-refractivity contribution in [2.45, 2.75) is 6.18 Å². The van der Waals surface area contributed by atoms with Crippen LogP contribution in [0.5, 0.6) is 0 Å². The number of rotatable bonds is 0. The van der Waals surface area contributed by atoms with Crippen molar-refractivity contribution >= 4 is 22.5 Å². The minimum atomic E-state index is -4.59. The maximum absolute atomic E-state index is 12.8. The first kappa shape index (κ1) is 11.1. The Kier molecular flexibility index (Phi) is 2.50. The second-order valence-electron chi connectivity index (χ2n) is 3.15. The highest BCUT2D eigenvalue weighted by Gasteiger charge is 2.33. The van der Waals surface area contributed by atoms with Gasteiger partial charge in [0, 0.05) is 11.5 Å². The Morgan fingerprint density at radius 2 is 1.81 bits per heavy atom. The lowest BCUT2D eigenvalue weighted by molar-refractivity contribution is -0.140. The first-order chi connectivity index (χ1) is 7.38. The number of aromatic nitrogens is 1. The molecule has 0 amide bonds. The molecule has 0 radical (unpaired) electrons. The summed E-state index contributed by atoms with van der Waals surface area (Å²) in [7, 11) is 0. The molecule has 16 heavy (non-hydrogen) atoms. The van der Waals surface area contributed by atoms with Crippen LogP contribution in [0.3, 0.4) is 0 Å². The average Bonchev–Trinajstić information content (AvgIpc) is 2.15. The molecule has 6 heteroatoms. The summed E-state index contributed by atoms with van der Waals surface area (Å²) in [6.07, 6.45) is -4.59. The van der Waals surface area contributed by atoms with Crippen LogP contribution in [0.15, 0.2) is 24.3 Å². The van der Waals surface area contributed by atoms with Gasteiger partial charge in [-0.15, -0.1) is 0 Å². The van der Waals surface area contributed by atoms with Crippen LogP contribution in [0.25, 0.3) is 10.9 Å². The minimum absolute atomic E-state index is 0.0997. The molecule has 1 aromatic heterocycles. The summed E-state index contributed by atoms with van der Waals surface area (Å²) in [4.78, 5) is 3.32. The average molecular weight is 250 g/mol. The fourth-order valence-corrected chi connectivity index (χ4v) is 1.57. The van der Waals surface area contributed by atoms with E-state index in [1.165, 1.54) is 6.07 Å². The zero-order valence-electron chi connectivity index (χ0n) is 7.65. The van der Waals surface area contributed by atoms with Crippen LogP contribution < -0.4 is 0 Å². The zero-order valence-corrected chi connectivity index (χ0v) is 8.40. The van der Waals surface area contributed by atoms with Crippen molar-refractivity contribution in [1.82, 2.24) is 4.98 Å². The minimum Gasteiger partial charge on any atom is -0.243 e. The molecule has 0 saturated carbocycles. The van der Waals surface area contributed by atoms with Gasteiger partial charge in [-0.2, -0.15) is 13.2 Å². The third-order valence-corrected chi connectivity index (χ3v) is 2.32. The highest BCUT2D eigenvalue weighted by atomic mass is 35.5. The lowest BCUT2D eigenvalue weighted by Gasteiger charge is -2.08. The molecule has 0 saturated heterocycles. The number of hydrogen-bond acceptors (Lipinski definition) is 1. The maximum Gasteiger partial charge on any atom is 0.433 e. The van der Waals surface area contributed by atoms with E-state index in [-0.39, 0.29) is 15.9 Å². The van der Waals surface area contributed by atoms with E-state index in [4.69, 9.17) is 11.6 Å². The van der Waals surface area contributed by atoms with Crippen LogP contribution in [0.1, 0.15) is 5.69 Å². The molecule has 1 heterocycles. The second kappa shape index (κ2) is 3.59. The topological polar surface area (TPSA) is 12.9 Å². The molecular weight excluding hydrogens is 246 g/mol. The number of alkyl halides is 3. The number of benzene rings is 1. The molecule has 0 N–H and O–H groups in total. The predicted molar refractivity (Wildman–Crippen MR) is 51.7 cm³/mol. The summed E-state index contributed by atoms with van der Waals surface area (Å²) >= 11 is 5.66. The lowest BCUT2D eigenvalue weighted by Crippen LogP contribution is -2.08. The number of pyridine rings is 1. The van der Waals surface area contributed by atoms with E-state index >= 15 is 0 Å². The van der Waals surface area contributed by atoms with Crippen molar-refractivity contribution in [2.75, 3.05) is 0 Å². The van der Waals surface area contributed by atoms with Crippen molar-refractivity contribution in [3.8, 4) is 0 Å². The van der Waals surface area contributed by atoms with Crippen LogP contribution in [0.4, 0.5) is 17.6 Å². The fraction of sp³-hybridized carbons (Fsp3) is 0.100. The zero-order chi connectivity index (χ0) is 11.9. The van der Waals surface area contributed by atoms with E-state index in [9.17, 15) is 17.6 Å². The molecule has 0 bridgehead atoms. The summed E-state index contributed by atoms with van der Waals surface area (Å²) < 4.78 is 50.0. The molecule has 2 rings (SSSR count). The van der Waals surface area contributed by atoms with Crippen molar-refractivity contribution in [2.24, 2.45) is 0 Å². The van der Waals surface area contributed by atoms with E-state index in [0.29, 0.717) is 0 Å². The van der Waals surface area contributed by atoms with Gasteiger partial charge in [0.25, 0.3) is 0 Å². The van der Waals surface area contributed by atoms with Crippen molar-refractivity contribution < 1.29 is 17.6 Å². The van der Waals surface area contributed by atoms with Crippen molar-refractivity contribution in [3.05, 3.63) is 40.8 Å². The standard InChI is InChI=1S/C10H4ClF4N/c11-7-4-9(10(13,14)15)16-8-3-5(12)1-2-6(7)8/h1-4H. The highest BCUT2D eigenvalue weighted by molar-refractivity contribution is 6.35. The third-order valence-electron chi connectivity index (χ3n) is 2.01. The molecule has 2 aromatic rings. The predicted octanol–water partition coefficient (Wildman–Crippen LogP) is 4.05. The van der Waals surface area contributed by atoms with E-state index in [1.54, 1.807) is 0 Å². The molecule has 1 aromatic carbocycles. The van der Waals surface area contributed by atoms with Gasteiger partial charge in [0.2, 0.25) is 0 Å². The lowest BCUT2D eigenvalue weighted by atomic mass is 10.2. The summed E-state index contributed by atoms with van der Waals surface area (Å²) in [6, 6.07) is 4.04. The molecule has 0 atom stereocenters. The Hall–Kier alpha value is -1.36. The van der Waals surface area contributed by atoms with Gasteiger partial charge in [-0.3, -0.25) is 0 Å². The van der Waals surface area contributed by atoms with E-state index in [2.05, 4.69) is 4.98 Å². The van der Waals surface area contributed by atoms with E-state index in [1.807, 2.05) is 0 Å². The Balaban J connectivity index is 2.75. The van der Waals surface area contributed by atoms with E-state index < -0.39 is 17.7 Å². The SMILES string of the molecule is Fc1ccc2c(Cl)cc(C(F)(F)F)nc2c1. The summed E-state index contributed by atoms with van der Waals surface area (Å²) in [5.74, 6) is -0.657. The number of nitrogens with zero attached hydrogens (tertiary/aromatic N) is 1. The van der Waals surface area contributed by atoms with Gasteiger partial charge in [-0.25, -0.2) is 9.37 Å². The van der Waals surface area contributed by atoms with Crippen LogP contribution in [0.2, 0.25) is 5.02 Å². The molecule has 0 fully saturated rings. The summed E-state index contributed by atoms with van der Waals surface area (Å²) in [5.41, 5.74) is -1.24. The number of halogens is 5. The summed E-state index contributed by atoms with van der Waals surface area (Å²) in [6.45, 7) is 0. The molecule has 0 aliphatic rings. The van der Waals surface area contributed by atoms with Crippen LogP contribution in [0, 0.1) is 5.82 Å². The molecule has 1 nitrogen and oxygen atoms in total. The van der Waals surface area contributed by atoms with Crippen molar-refractivity contribution in [3.63, 3.8) is 0 Å². The molecule has 0 unspecified atom stereocenters. The van der Waals surface area contributed by atoms with Gasteiger partial charge in [0.05, 0.1) is 10.5 Å². The molecular formula is C10H4ClF4N. The largest absolute Gasteiger partial charge is 0.433 e. The maximum atomic E-state index is 12.8. The van der Waals surface area contributed by atoms with Crippen molar-refractivity contribution in [1.29, 1.82) is 0 Å². The van der Waals surface area contributed by atoms with Crippen LogP contribution in [-0.4, -0.2) is 4.98 Å². The van der Waals surface area contributed by atoms with E-state index in [0.717, 1.165) is 18.2 Å². The van der Waals surface area contributed by atoms with Gasteiger partial charge < -0.3 is 0 Å². The van der Waals surface area contributed by atoms with Gasteiger partial charge in [0.1, 0.15) is 11.5 Å². The Morgan fingerprint density at radius 3 is 2.44 bits per heavy atom. The third kappa shape index (κ3) is 1.95. The van der Waals surface area contributed by atoms with Crippen LogP contribution in [-0.2, 0) is 6.18 Å². The first-order valence-corrected chi connectivity index (χ1v) is 4.59. The molecule has 84 valence electrons. The fourth-order valence-electron chi connectivity index (χ4n) is 1.30. The monoisotopic (exact) mass is 249 g/mol. The Morgan fingerprint density at radius 1 is 1.12 bits per heavy atom. The Bertz CT molecular complexity index is 550.